The van der Waals surface area contributed by atoms with Crippen molar-refractivity contribution in [2.45, 2.75) is 44.8 Å². The van der Waals surface area contributed by atoms with E-state index in [4.69, 9.17) is 0 Å². The zero-order valence-electron chi connectivity index (χ0n) is 10.1. The monoisotopic (exact) mass is 197 g/mol. The summed E-state index contributed by atoms with van der Waals surface area (Å²) in [6.45, 7) is 9.42. The van der Waals surface area contributed by atoms with Crippen molar-refractivity contribution >= 4 is 0 Å². The Bertz CT molecular complexity index is 207. The fourth-order valence-electron chi connectivity index (χ4n) is 2.79. The van der Waals surface area contributed by atoms with Crippen LogP contribution in [-0.4, -0.2) is 59.7 Å². The quantitative estimate of drug-likeness (QED) is 0.621. The minimum absolute atomic E-state index is 0.343. The van der Waals surface area contributed by atoms with Gasteiger partial charge in [0, 0.05) is 44.8 Å². The van der Waals surface area contributed by atoms with E-state index in [9.17, 15) is 0 Å². The third-order valence-corrected chi connectivity index (χ3v) is 3.57. The van der Waals surface area contributed by atoms with Crippen LogP contribution in [0.1, 0.15) is 27.2 Å². The van der Waals surface area contributed by atoms with Crippen molar-refractivity contribution in [1.82, 2.24) is 14.9 Å². The van der Waals surface area contributed by atoms with Crippen LogP contribution < -0.4 is 0 Å². The van der Waals surface area contributed by atoms with Crippen LogP contribution in [0, 0.1) is 0 Å². The van der Waals surface area contributed by atoms with Crippen molar-refractivity contribution in [3.63, 3.8) is 0 Å². The Morgan fingerprint density at radius 1 is 1.07 bits per heavy atom. The van der Waals surface area contributed by atoms with Gasteiger partial charge in [-0.15, -0.1) is 0 Å². The van der Waals surface area contributed by atoms with Crippen LogP contribution in [0.15, 0.2) is 0 Å². The molecule has 0 spiro atoms. The molecule has 0 aromatic carbocycles. The second kappa shape index (κ2) is 3.19. The molecule has 3 nitrogen and oxygen atoms in total. The van der Waals surface area contributed by atoms with Crippen molar-refractivity contribution in [2.24, 2.45) is 0 Å². The van der Waals surface area contributed by atoms with Crippen LogP contribution in [0.2, 0.25) is 0 Å². The smallest absolute Gasteiger partial charge is 0.0392 e. The highest BCUT2D eigenvalue weighted by atomic mass is 15.7. The van der Waals surface area contributed by atoms with E-state index in [1.807, 2.05) is 0 Å². The van der Waals surface area contributed by atoms with Gasteiger partial charge in [-0.25, -0.2) is 10.0 Å². The SMILES string of the molecule is CN(C)N1C2CC1CN(C(C)(C)C)C2. The van der Waals surface area contributed by atoms with Crippen LogP contribution in [0.4, 0.5) is 0 Å². The van der Waals surface area contributed by atoms with E-state index in [0.29, 0.717) is 5.54 Å². The summed E-state index contributed by atoms with van der Waals surface area (Å²) in [4.78, 5) is 2.62. The predicted molar refractivity (Wildman–Crippen MR) is 59.0 cm³/mol. The maximum atomic E-state index is 2.62. The number of fused-ring (bicyclic) bond motifs is 2. The summed E-state index contributed by atoms with van der Waals surface area (Å²) in [6.07, 6.45) is 1.39. The molecule has 3 fully saturated rings. The third kappa shape index (κ3) is 1.58. The summed E-state index contributed by atoms with van der Waals surface area (Å²) < 4.78 is 0. The maximum Gasteiger partial charge on any atom is 0.0392 e. The van der Waals surface area contributed by atoms with Crippen molar-refractivity contribution in [1.29, 1.82) is 0 Å². The first-order valence-electron chi connectivity index (χ1n) is 5.60. The fraction of sp³-hybridized carbons (Fsp3) is 1.00. The summed E-state index contributed by atoms with van der Waals surface area (Å²) in [6, 6.07) is 1.53. The average molecular weight is 197 g/mol. The van der Waals surface area contributed by atoms with Crippen LogP contribution in [-0.2, 0) is 0 Å². The molecule has 3 heterocycles. The van der Waals surface area contributed by atoms with Gasteiger partial charge in [-0.2, -0.15) is 0 Å². The standard InChI is InChI=1S/C11H23N3/c1-11(2,3)13-7-9-6-10(8-13)14(9)12(4)5/h9-10H,6-8H2,1-5H3. The van der Waals surface area contributed by atoms with Gasteiger partial charge in [0.25, 0.3) is 0 Å². The van der Waals surface area contributed by atoms with Gasteiger partial charge < -0.3 is 0 Å². The van der Waals surface area contributed by atoms with E-state index in [0.717, 1.165) is 12.1 Å². The number of rotatable bonds is 1. The molecule has 0 saturated carbocycles. The lowest BCUT2D eigenvalue weighted by Gasteiger charge is -2.60. The van der Waals surface area contributed by atoms with Crippen LogP contribution in [0.25, 0.3) is 0 Å². The second-order valence-electron chi connectivity index (χ2n) is 5.85. The highest BCUT2D eigenvalue weighted by molar-refractivity contribution is 5.01. The zero-order chi connectivity index (χ0) is 10.5. The van der Waals surface area contributed by atoms with Gasteiger partial charge in [0.15, 0.2) is 0 Å². The first-order valence-corrected chi connectivity index (χ1v) is 5.60. The molecule has 0 radical (unpaired) electrons. The Balaban J connectivity index is 1.98. The lowest BCUT2D eigenvalue weighted by atomic mass is 9.86. The molecule has 0 N–H and O–H groups in total. The minimum atomic E-state index is 0.343. The van der Waals surface area contributed by atoms with Gasteiger partial charge in [0.1, 0.15) is 0 Å². The number of hydrogen-bond acceptors (Lipinski definition) is 3. The molecule has 0 aromatic rings. The number of piperidine rings is 1. The summed E-state index contributed by atoms with van der Waals surface area (Å²) in [5.74, 6) is 0. The van der Waals surface area contributed by atoms with E-state index < -0.39 is 0 Å². The zero-order valence-corrected chi connectivity index (χ0v) is 10.1. The van der Waals surface area contributed by atoms with E-state index >= 15 is 0 Å². The summed E-state index contributed by atoms with van der Waals surface area (Å²) in [5.41, 5.74) is 0.343. The highest BCUT2D eigenvalue weighted by Crippen LogP contribution is 2.35. The third-order valence-electron chi connectivity index (χ3n) is 3.57. The topological polar surface area (TPSA) is 9.72 Å². The molecular weight excluding hydrogens is 174 g/mol. The molecule has 3 saturated heterocycles. The predicted octanol–water partition coefficient (Wildman–Crippen LogP) is 1.02. The first kappa shape index (κ1) is 10.4. The van der Waals surface area contributed by atoms with E-state index in [1.165, 1.54) is 19.5 Å². The van der Waals surface area contributed by atoms with Gasteiger partial charge >= 0.3 is 0 Å². The van der Waals surface area contributed by atoms with Crippen LogP contribution in [0.3, 0.4) is 0 Å². The Kier molecular flexibility index (Phi) is 2.37. The van der Waals surface area contributed by atoms with Crippen molar-refractivity contribution in [2.75, 3.05) is 27.2 Å². The largest absolute Gasteiger partial charge is 0.295 e. The van der Waals surface area contributed by atoms with Gasteiger partial charge in [0.2, 0.25) is 0 Å². The lowest BCUT2D eigenvalue weighted by molar-refractivity contribution is -0.190. The van der Waals surface area contributed by atoms with Crippen LogP contribution >= 0.6 is 0 Å². The Hall–Kier alpha value is -0.120. The van der Waals surface area contributed by atoms with Gasteiger partial charge in [-0.1, -0.05) is 0 Å². The van der Waals surface area contributed by atoms with Crippen molar-refractivity contribution in [3.8, 4) is 0 Å². The first-order chi connectivity index (χ1) is 6.39. The number of nitrogens with zero attached hydrogens (tertiary/aromatic N) is 3. The highest BCUT2D eigenvalue weighted by Gasteiger charge is 2.47. The van der Waals surface area contributed by atoms with E-state index in [-0.39, 0.29) is 0 Å². The van der Waals surface area contributed by atoms with Crippen molar-refractivity contribution in [3.05, 3.63) is 0 Å². The molecule has 82 valence electrons. The normalized spacial score (nSPS) is 34.7. The second-order valence-corrected chi connectivity index (χ2v) is 5.85. The maximum absolute atomic E-state index is 2.62. The molecule has 2 bridgehead atoms. The molecule has 3 aliphatic rings. The molecule has 0 aromatic heterocycles. The lowest BCUT2D eigenvalue weighted by Crippen LogP contribution is -2.73. The molecule has 0 aliphatic carbocycles. The molecule has 0 amide bonds. The summed E-state index contributed by atoms with van der Waals surface area (Å²) >= 11 is 0. The molecule has 14 heavy (non-hydrogen) atoms. The van der Waals surface area contributed by atoms with Gasteiger partial charge in [-0.05, 0) is 27.2 Å². The molecule has 2 unspecified atom stereocenters. The summed E-state index contributed by atoms with van der Waals surface area (Å²) in [7, 11) is 4.32. The van der Waals surface area contributed by atoms with Crippen LogP contribution in [0.5, 0.6) is 0 Å². The molecule has 3 heteroatoms. The molecule has 2 atom stereocenters. The van der Waals surface area contributed by atoms with E-state index in [1.54, 1.807) is 0 Å². The van der Waals surface area contributed by atoms with Gasteiger partial charge in [0.05, 0.1) is 0 Å². The fourth-order valence-corrected chi connectivity index (χ4v) is 2.79. The van der Waals surface area contributed by atoms with Crippen molar-refractivity contribution < 1.29 is 0 Å². The Morgan fingerprint density at radius 2 is 1.57 bits per heavy atom. The Labute approximate surface area is 87.6 Å². The number of hydrogen-bond donors (Lipinski definition) is 0. The van der Waals surface area contributed by atoms with E-state index in [2.05, 4.69) is 49.8 Å². The average Bonchev–Trinajstić information content (AvgIpc) is 2.01. The number of piperazine rings is 1. The van der Waals surface area contributed by atoms with Gasteiger partial charge in [-0.3, -0.25) is 4.90 Å². The Morgan fingerprint density at radius 3 is 1.93 bits per heavy atom. The minimum Gasteiger partial charge on any atom is -0.295 e. The molecule has 3 rings (SSSR count). The summed E-state index contributed by atoms with van der Waals surface area (Å²) in [5, 5.41) is 4.79. The molecule has 3 aliphatic heterocycles. The number of hydrazine groups is 1. The molecular formula is C11H23N3.